The Kier molecular flexibility index (Phi) is 4.02. The summed E-state index contributed by atoms with van der Waals surface area (Å²) in [7, 11) is 1.65. The Labute approximate surface area is 102 Å². The standard InChI is InChI=1S/C14H20O3/c1-3-4-13(16-2)14(15)11-5-6-12-10(9-11)7-8-17-12/h5-6,9,13-15H,3-4,7-8H2,1-2H3. The smallest absolute Gasteiger partial charge is 0.122 e. The van der Waals surface area contributed by atoms with Crippen molar-refractivity contribution >= 4 is 0 Å². The zero-order chi connectivity index (χ0) is 12.3. The number of fused-ring (bicyclic) bond motifs is 1. The van der Waals surface area contributed by atoms with Gasteiger partial charge in [0.2, 0.25) is 0 Å². The van der Waals surface area contributed by atoms with Gasteiger partial charge in [0.1, 0.15) is 11.9 Å². The van der Waals surface area contributed by atoms with E-state index in [2.05, 4.69) is 6.92 Å². The van der Waals surface area contributed by atoms with E-state index in [0.717, 1.165) is 37.2 Å². The van der Waals surface area contributed by atoms with Crippen molar-refractivity contribution in [3.8, 4) is 5.75 Å². The first-order valence-electron chi connectivity index (χ1n) is 6.22. The van der Waals surface area contributed by atoms with E-state index in [1.807, 2.05) is 18.2 Å². The molecular formula is C14H20O3. The predicted octanol–water partition coefficient (Wildman–Crippen LogP) is 2.47. The van der Waals surface area contributed by atoms with Crippen molar-refractivity contribution < 1.29 is 14.6 Å². The molecule has 0 radical (unpaired) electrons. The van der Waals surface area contributed by atoms with Gasteiger partial charge in [-0.2, -0.15) is 0 Å². The fraction of sp³-hybridized carbons (Fsp3) is 0.571. The Balaban J connectivity index is 2.15. The van der Waals surface area contributed by atoms with Gasteiger partial charge in [0.15, 0.2) is 0 Å². The van der Waals surface area contributed by atoms with Gasteiger partial charge in [0.05, 0.1) is 12.7 Å². The van der Waals surface area contributed by atoms with Gasteiger partial charge in [-0.1, -0.05) is 19.4 Å². The minimum Gasteiger partial charge on any atom is -0.493 e. The van der Waals surface area contributed by atoms with E-state index in [0.29, 0.717) is 0 Å². The van der Waals surface area contributed by atoms with Gasteiger partial charge in [0, 0.05) is 13.5 Å². The molecule has 94 valence electrons. The third kappa shape index (κ3) is 2.61. The molecule has 0 amide bonds. The Hall–Kier alpha value is -1.06. The van der Waals surface area contributed by atoms with Crippen LogP contribution < -0.4 is 4.74 Å². The van der Waals surface area contributed by atoms with Crippen LogP contribution >= 0.6 is 0 Å². The molecule has 2 unspecified atom stereocenters. The minimum atomic E-state index is -0.550. The molecule has 1 aromatic rings. The van der Waals surface area contributed by atoms with Crippen LogP contribution in [-0.2, 0) is 11.2 Å². The van der Waals surface area contributed by atoms with Crippen LogP contribution in [0, 0.1) is 0 Å². The van der Waals surface area contributed by atoms with Crippen molar-refractivity contribution in [2.24, 2.45) is 0 Å². The molecule has 0 spiro atoms. The molecule has 1 N–H and O–H groups in total. The number of aliphatic hydroxyl groups excluding tert-OH is 1. The lowest BCUT2D eigenvalue weighted by molar-refractivity contribution is -0.0180. The molecule has 0 aliphatic carbocycles. The molecule has 1 aliphatic rings. The van der Waals surface area contributed by atoms with Gasteiger partial charge >= 0.3 is 0 Å². The molecule has 0 saturated carbocycles. The second-order valence-electron chi connectivity index (χ2n) is 4.47. The topological polar surface area (TPSA) is 38.7 Å². The molecule has 1 aromatic carbocycles. The second kappa shape index (κ2) is 5.52. The van der Waals surface area contributed by atoms with E-state index in [4.69, 9.17) is 9.47 Å². The summed E-state index contributed by atoms with van der Waals surface area (Å²) in [6, 6.07) is 5.91. The van der Waals surface area contributed by atoms with E-state index in [9.17, 15) is 5.11 Å². The van der Waals surface area contributed by atoms with Crippen molar-refractivity contribution in [3.63, 3.8) is 0 Å². The predicted molar refractivity (Wildman–Crippen MR) is 66.3 cm³/mol. The average Bonchev–Trinajstić information content (AvgIpc) is 2.82. The van der Waals surface area contributed by atoms with E-state index in [-0.39, 0.29) is 6.10 Å². The zero-order valence-electron chi connectivity index (χ0n) is 10.5. The normalized spacial score (nSPS) is 17.4. The van der Waals surface area contributed by atoms with Crippen LogP contribution in [0.15, 0.2) is 18.2 Å². The Morgan fingerprint density at radius 2 is 2.29 bits per heavy atom. The highest BCUT2D eigenvalue weighted by atomic mass is 16.5. The summed E-state index contributed by atoms with van der Waals surface area (Å²) < 4.78 is 10.8. The van der Waals surface area contributed by atoms with Gasteiger partial charge in [-0.05, 0) is 29.7 Å². The maximum absolute atomic E-state index is 10.3. The SMILES string of the molecule is CCCC(OC)C(O)c1ccc2c(c1)CCO2. The third-order valence-electron chi connectivity index (χ3n) is 3.28. The van der Waals surface area contributed by atoms with Gasteiger partial charge in [-0.15, -0.1) is 0 Å². The van der Waals surface area contributed by atoms with Crippen LogP contribution in [0.1, 0.15) is 37.0 Å². The summed E-state index contributed by atoms with van der Waals surface area (Å²) in [6.45, 7) is 2.84. The van der Waals surface area contributed by atoms with E-state index in [1.54, 1.807) is 7.11 Å². The lowest BCUT2D eigenvalue weighted by Gasteiger charge is -2.21. The zero-order valence-corrected chi connectivity index (χ0v) is 10.5. The van der Waals surface area contributed by atoms with Crippen LogP contribution in [0.2, 0.25) is 0 Å². The number of rotatable bonds is 5. The van der Waals surface area contributed by atoms with E-state index >= 15 is 0 Å². The average molecular weight is 236 g/mol. The minimum absolute atomic E-state index is 0.125. The van der Waals surface area contributed by atoms with E-state index < -0.39 is 6.10 Å². The molecule has 0 saturated heterocycles. The molecule has 0 aromatic heterocycles. The summed E-state index contributed by atoms with van der Waals surface area (Å²) >= 11 is 0. The van der Waals surface area contributed by atoms with E-state index in [1.165, 1.54) is 5.56 Å². The molecule has 2 rings (SSSR count). The summed E-state index contributed by atoms with van der Waals surface area (Å²) in [5, 5.41) is 10.3. The summed E-state index contributed by atoms with van der Waals surface area (Å²) in [5.41, 5.74) is 2.11. The van der Waals surface area contributed by atoms with Crippen LogP contribution in [0.5, 0.6) is 5.75 Å². The first kappa shape index (κ1) is 12.4. The molecular weight excluding hydrogens is 216 g/mol. The number of ether oxygens (including phenoxy) is 2. The third-order valence-corrected chi connectivity index (χ3v) is 3.28. The molecule has 3 heteroatoms. The van der Waals surface area contributed by atoms with Crippen molar-refractivity contribution in [1.29, 1.82) is 0 Å². The molecule has 1 aliphatic heterocycles. The van der Waals surface area contributed by atoms with Crippen LogP contribution in [0.4, 0.5) is 0 Å². The Morgan fingerprint density at radius 1 is 1.47 bits per heavy atom. The van der Waals surface area contributed by atoms with Gasteiger partial charge < -0.3 is 14.6 Å². The number of aliphatic hydroxyl groups is 1. The van der Waals surface area contributed by atoms with Crippen molar-refractivity contribution in [2.75, 3.05) is 13.7 Å². The van der Waals surface area contributed by atoms with Crippen molar-refractivity contribution in [3.05, 3.63) is 29.3 Å². The van der Waals surface area contributed by atoms with Gasteiger partial charge in [-0.25, -0.2) is 0 Å². The second-order valence-corrected chi connectivity index (χ2v) is 4.47. The number of hydrogen-bond donors (Lipinski definition) is 1. The number of benzene rings is 1. The summed E-state index contributed by atoms with van der Waals surface area (Å²) in [5.74, 6) is 0.949. The highest BCUT2D eigenvalue weighted by Gasteiger charge is 2.22. The van der Waals surface area contributed by atoms with Crippen molar-refractivity contribution in [2.45, 2.75) is 38.4 Å². The molecule has 17 heavy (non-hydrogen) atoms. The fourth-order valence-electron chi connectivity index (χ4n) is 2.29. The van der Waals surface area contributed by atoms with Crippen LogP contribution in [0.3, 0.4) is 0 Å². The summed E-state index contributed by atoms with van der Waals surface area (Å²) in [4.78, 5) is 0. The first-order chi connectivity index (χ1) is 8.26. The fourth-order valence-corrected chi connectivity index (χ4v) is 2.29. The monoisotopic (exact) mass is 236 g/mol. The highest BCUT2D eigenvalue weighted by Crippen LogP contribution is 2.30. The molecule has 2 atom stereocenters. The molecule has 3 nitrogen and oxygen atoms in total. The summed E-state index contributed by atoms with van der Waals surface area (Å²) in [6.07, 6.45) is 2.13. The molecule has 0 fully saturated rings. The lowest BCUT2D eigenvalue weighted by Crippen LogP contribution is -2.20. The Morgan fingerprint density at radius 3 is 3.00 bits per heavy atom. The van der Waals surface area contributed by atoms with Gasteiger partial charge in [0.25, 0.3) is 0 Å². The van der Waals surface area contributed by atoms with Crippen LogP contribution in [-0.4, -0.2) is 24.9 Å². The lowest BCUT2D eigenvalue weighted by atomic mass is 9.98. The maximum atomic E-state index is 10.3. The van der Waals surface area contributed by atoms with Crippen molar-refractivity contribution in [1.82, 2.24) is 0 Å². The number of hydrogen-bond acceptors (Lipinski definition) is 3. The number of methoxy groups -OCH3 is 1. The first-order valence-corrected chi connectivity index (χ1v) is 6.22. The Bertz CT molecular complexity index is 376. The van der Waals surface area contributed by atoms with Crippen LogP contribution in [0.25, 0.3) is 0 Å². The molecule has 1 heterocycles. The quantitative estimate of drug-likeness (QED) is 0.853. The maximum Gasteiger partial charge on any atom is 0.122 e. The largest absolute Gasteiger partial charge is 0.493 e. The molecule has 0 bridgehead atoms. The highest BCUT2D eigenvalue weighted by molar-refractivity contribution is 5.40. The van der Waals surface area contributed by atoms with Gasteiger partial charge in [-0.3, -0.25) is 0 Å².